The number of hydrogen-bond donors (Lipinski definition) is 2. The molecule has 19 heavy (non-hydrogen) atoms. The number of alkyl carbamates (subject to hydrolysis) is 1. The molecule has 0 aliphatic carbocycles. The summed E-state index contributed by atoms with van der Waals surface area (Å²) in [7, 11) is 0. The average molecular weight is 263 g/mol. The molecule has 0 spiro atoms. The third-order valence-corrected chi connectivity index (χ3v) is 2.42. The predicted octanol–water partition coefficient (Wildman–Crippen LogP) is 2.80. The fraction of sp³-hybridized carbons (Fsp3) is 0.400. The van der Waals surface area contributed by atoms with Crippen LogP contribution >= 0.6 is 0 Å². The highest BCUT2D eigenvalue weighted by molar-refractivity contribution is 5.68. The fourth-order valence-electron chi connectivity index (χ4n) is 1.57. The van der Waals surface area contributed by atoms with Crippen LogP contribution in [0.5, 0.6) is 0 Å². The minimum absolute atomic E-state index is 0.576. The zero-order valence-electron chi connectivity index (χ0n) is 11.6. The van der Waals surface area contributed by atoms with Crippen LogP contribution in [0.15, 0.2) is 43.0 Å². The highest BCUT2D eigenvalue weighted by atomic mass is 16.6. The highest BCUT2D eigenvalue weighted by Gasteiger charge is 2.23. The van der Waals surface area contributed by atoms with Crippen molar-refractivity contribution < 1.29 is 14.6 Å². The van der Waals surface area contributed by atoms with Gasteiger partial charge in [-0.2, -0.15) is 0 Å². The SMILES string of the molecule is C=CC(NC(=O)OC(C)(C)C)C(O)c1ccccc1. The molecular formula is C15H21NO3. The summed E-state index contributed by atoms with van der Waals surface area (Å²) in [5.41, 5.74) is 0.136. The standard InChI is InChI=1S/C15H21NO3/c1-5-12(16-14(18)19-15(2,3)4)13(17)11-9-7-6-8-10-11/h5-10,12-13,17H,1H2,2-4H3,(H,16,18). The van der Waals surface area contributed by atoms with Crippen LogP contribution in [-0.4, -0.2) is 22.8 Å². The number of ether oxygens (including phenoxy) is 1. The van der Waals surface area contributed by atoms with Gasteiger partial charge >= 0.3 is 6.09 Å². The van der Waals surface area contributed by atoms with Gasteiger partial charge in [0.05, 0.1) is 6.04 Å². The minimum Gasteiger partial charge on any atom is -0.444 e. The summed E-state index contributed by atoms with van der Waals surface area (Å²) in [5.74, 6) is 0. The molecule has 0 heterocycles. The highest BCUT2D eigenvalue weighted by Crippen LogP contribution is 2.17. The van der Waals surface area contributed by atoms with Gasteiger partial charge in [0.25, 0.3) is 0 Å². The second-order valence-electron chi connectivity index (χ2n) is 5.26. The van der Waals surface area contributed by atoms with Crippen LogP contribution in [0.3, 0.4) is 0 Å². The molecule has 2 N–H and O–H groups in total. The first-order valence-corrected chi connectivity index (χ1v) is 6.18. The zero-order valence-corrected chi connectivity index (χ0v) is 11.6. The van der Waals surface area contributed by atoms with Gasteiger partial charge in [0, 0.05) is 0 Å². The van der Waals surface area contributed by atoms with Gasteiger partial charge in [-0.3, -0.25) is 0 Å². The summed E-state index contributed by atoms with van der Waals surface area (Å²) in [6.45, 7) is 8.97. The van der Waals surface area contributed by atoms with E-state index in [9.17, 15) is 9.90 Å². The Balaban J connectivity index is 2.68. The lowest BCUT2D eigenvalue weighted by Gasteiger charge is -2.24. The maximum Gasteiger partial charge on any atom is 0.408 e. The zero-order chi connectivity index (χ0) is 14.5. The van der Waals surface area contributed by atoms with Crippen molar-refractivity contribution in [1.29, 1.82) is 0 Å². The van der Waals surface area contributed by atoms with Crippen LogP contribution in [0.2, 0.25) is 0 Å². The van der Waals surface area contributed by atoms with Crippen LogP contribution in [-0.2, 0) is 4.74 Å². The molecule has 1 rings (SSSR count). The molecule has 1 aromatic rings. The third kappa shape index (κ3) is 5.14. The van der Waals surface area contributed by atoms with Crippen molar-refractivity contribution in [1.82, 2.24) is 5.32 Å². The van der Waals surface area contributed by atoms with E-state index in [1.165, 1.54) is 6.08 Å². The summed E-state index contributed by atoms with van der Waals surface area (Å²) in [6.07, 6.45) is 0.0558. The molecule has 2 atom stereocenters. The number of aliphatic hydroxyl groups is 1. The van der Waals surface area contributed by atoms with Crippen LogP contribution in [0, 0.1) is 0 Å². The molecular weight excluding hydrogens is 242 g/mol. The van der Waals surface area contributed by atoms with Gasteiger partial charge in [-0.25, -0.2) is 4.79 Å². The molecule has 0 aliphatic rings. The summed E-state index contributed by atoms with van der Waals surface area (Å²) in [5, 5.41) is 12.8. The number of nitrogens with one attached hydrogen (secondary N) is 1. The molecule has 0 aromatic heterocycles. The van der Waals surface area contributed by atoms with Crippen molar-refractivity contribution in [2.24, 2.45) is 0 Å². The van der Waals surface area contributed by atoms with E-state index in [2.05, 4.69) is 11.9 Å². The second-order valence-corrected chi connectivity index (χ2v) is 5.26. The lowest BCUT2D eigenvalue weighted by molar-refractivity contribution is 0.0454. The van der Waals surface area contributed by atoms with Crippen molar-refractivity contribution >= 4 is 6.09 Å². The Kier molecular flexibility index (Phi) is 5.12. The van der Waals surface area contributed by atoms with E-state index >= 15 is 0 Å². The molecule has 0 saturated heterocycles. The quantitative estimate of drug-likeness (QED) is 0.821. The van der Waals surface area contributed by atoms with Crippen molar-refractivity contribution in [3.05, 3.63) is 48.6 Å². The van der Waals surface area contributed by atoms with E-state index in [-0.39, 0.29) is 0 Å². The maximum absolute atomic E-state index is 11.7. The second kappa shape index (κ2) is 6.38. The van der Waals surface area contributed by atoms with Crippen LogP contribution in [0.4, 0.5) is 4.79 Å². The molecule has 0 fully saturated rings. The molecule has 0 saturated carbocycles. The summed E-state index contributed by atoms with van der Waals surface area (Å²) in [4.78, 5) is 11.7. The minimum atomic E-state index is -0.855. The lowest BCUT2D eigenvalue weighted by Crippen LogP contribution is -2.41. The lowest BCUT2D eigenvalue weighted by atomic mass is 10.0. The van der Waals surface area contributed by atoms with E-state index in [0.717, 1.165) is 0 Å². The van der Waals surface area contributed by atoms with Gasteiger partial charge < -0.3 is 15.2 Å². The number of benzene rings is 1. The average Bonchev–Trinajstić information content (AvgIpc) is 2.34. The molecule has 2 unspecified atom stereocenters. The fourth-order valence-corrected chi connectivity index (χ4v) is 1.57. The smallest absolute Gasteiger partial charge is 0.408 e. The van der Waals surface area contributed by atoms with Gasteiger partial charge in [-0.05, 0) is 26.3 Å². The summed E-state index contributed by atoms with van der Waals surface area (Å²) < 4.78 is 5.15. The number of amides is 1. The number of carbonyl (C=O) groups excluding carboxylic acids is 1. The first-order chi connectivity index (χ1) is 8.83. The molecule has 4 heteroatoms. The number of carbonyl (C=O) groups is 1. The van der Waals surface area contributed by atoms with Gasteiger partial charge in [-0.15, -0.1) is 6.58 Å². The monoisotopic (exact) mass is 263 g/mol. The van der Waals surface area contributed by atoms with Crippen LogP contribution in [0.25, 0.3) is 0 Å². The first-order valence-electron chi connectivity index (χ1n) is 6.18. The van der Waals surface area contributed by atoms with Crippen LogP contribution < -0.4 is 5.32 Å². The Hall–Kier alpha value is -1.81. The first kappa shape index (κ1) is 15.2. The molecule has 104 valence electrons. The normalized spacial score (nSPS) is 14.3. The third-order valence-electron chi connectivity index (χ3n) is 2.42. The molecule has 0 radical (unpaired) electrons. The molecule has 4 nitrogen and oxygen atoms in total. The Morgan fingerprint density at radius 1 is 1.37 bits per heavy atom. The van der Waals surface area contributed by atoms with Gasteiger partial charge in [-0.1, -0.05) is 36.4 Å². The topological polar surface area (TPSA) is 58.6 Å². The van der Waals surface area contributed by atoms with E-state index in [0.29, 0.717) is 5.56 Å². The largest absolute Gasteiger partial charge is 0.444 e. The van der Waals surface area contributed by atoms with Crippen molar-refractivity contribution in [3.63, 3.8) is 0 Å². The van der Waals surface area contributed by atoms with Gasteiger partial charge in [0.1, 0.15) is 11.7 Å². The maximum atomic E-state index is 11.7. The number of hydrogen-bond acceptors (Lipinski definition) is 3. The molecule has 0 bridgehead atoms. The summed E-state index contributed by atoms with van der Waals surface area (Å²) >= 11 is 0. The van der Waals surface area contributed by atoms with E-state index < -0.39 is 23.8 Å². The Bertz CT molecular complexity index is 423. The van der Waals surface area contributed by atoms with Crippen molar-refractivity contribution in [2.75, 3.05) is 0 Å². The van der Waals surface area contributed by atoms with E-state index in [1.807, 2.05) is 18.2 Å². The van der Waals surface area contributed by atoms with Gasteiger partial charge in [0.2, 0.25) is 0 Å². The van der Waals surface area contributed by atoms with E-state index in [4.69, 9.17) is 4.74 Å². The van der Waals surface area contributed by atoms with E-state index in [1.54, 1.807) is 32.9 Å². The Morgan fingerprint density at radius 2 is 1.95 bits per heavy atom. The summed E-state index contributed by atoms with van der Waals surface area (Å²) in [6, 6.07) is 8.49. The van der Waals surface area contributed by atoms with Crippen molar-refractivity contribution in [3.8, 4) is 0 Å². The Morgan fingerprint density at radius 3 is 2.42 bits per heavy atom. The molecule has 1 amide bonds. The number of aliphatic hydroxyl groups excluding tert-OH is 1. The number of rotatable bonds is 4. The Labute approximate surface area is 114 Å². The van der Waals surface area contributed by atoms with Crippen molar-refractivity contribution in [2.45, 2.75) is 38.5 Å². The molecule has 1 aromatic carbocycles. The van der Waals surface area contributed by atoms with Crippen LogP contribution in [0.1, 0.15) is 32.4 Å². The predicted molar refractivity (Wildman–Crippen MR) is 74.8 cm³/mol. The van der Waals surface area contributed by atoms with Gasteiger partial charge in [0.15, 0.2) is 0 Å². The molecule has 0 aliphatic heterocycles.